The molecule has 0 aromatic carbocycles. The smallest absolute Gasteiger partial charge is 0.330 e. The van der Waals surface area contributed by atoms with E-state index in [1.54, 1.807) is 0 Å². The van der Waals surface area contributed by atoms with Gasteiger partial charge in [-0.25, -0.2) is 4.79 Å². The molecule has 5 atom stereocenters. The fraction of sp³-hybridized carbons (Fsp3) is 0.800. The minimum absolute atomic E-state index is 0.354. The van der Waals surface area contributed by atoms with Crippen LogP contribution in [0.4, 0.5) is 0 Å². The zero-order valence-electron chi connectivity index (χ0n) is 10.8. The Hall–Kier alpha value is -0.830. The van der Waals surface area contributed by atoms with Crippen molar-refractivity contribution in [2.45, 2.75) is 38.2 Å². The summed E-state index contributed by atoms with van der Waals surface area (Å²) >= 11 is 0. The number of carbonyl (C=O) groups is 1. The lowest BCUT2D eigenvalue weighted by molar-refractivity contribution is -0.140. The Morgan fingerprint density at radius 2 is 2.00 bits per heavy atom. The number of esters is 1. The highest BCUT2D eigenvalue weighted by Gasteiger charge is 2.53. The Balaban J connectivity index is 1.44. The first-order valence-electron chi connectivity index (χ1n) is 7.20. The van der Waals surface area contributed by atoms with Crippen molar-refractivity contribution in [2.75, 3.05) is 13.2 Å². The SMILES string of the molecule is C=CC(=O)OCCOC1CCC2C3CCC(C3)C12. The number of rotatable bonds is 5. The van der Waals surface area contributed by atoms with Crippen LogP contribution in [0.15, 0.2) is 12.7 Å². The van der Waals surface area contributed by atoms with Gasteiger partial charge in [0.15, 0.2) is 0 Å². The predicted molar refractivity (Wildman–Crippen MR) is 67.9 cm³/mol. The molecule has 100 valence electrons. The van der Waals surface area contributed by atoms with Gasteiger partial charge >= 0.3 is 5.97 Å². The van der Waals surface area contributed by atoms with E-state index in [2.05, 4.69) is 6.58 Å². The quantitative estimate of drug-likeness (QED) is 0.427. The van der Waals surface area contributed by atoms with Gasteiger partial charge in [-0.05, 0) is 55.8 Å². The van der Waals surface area contributed by atoms with Gasteiger partial charge in [-0.2, -0.15) is 0 Å². The summed E-state index contributed by atoms with van der Waals surface area (Å²) in [5.41, 5.74) is 0. The maximum atomic E-state index is 10.9. The average Bonchev–Trinajstić information content (AvgIpc) is 3.06. The largest absolute Gasteiger partial charge is 0.460 e. The average molecular weight is 250 g/mol. The third-order valence-corrected chi connectivity index (χ3v) is 5.20. The monoisotopic (exact) mass is 250 g/mol. The molecule has 0 aromatic heterocycles. The minimum atomic E-state index is -0.358. The number of ether oxygens (including phenoxy) is 2. The van der Waals surface area contributed by atoms with E-state index in [0.717, 1.165) is 23.7 Å². The van der Waals surface area contributed by atoms with Gasteiger partial charge in [0, 0.05) is 6.08 Å². The van der Waals surface area contributed by atoms with E-state index in [9.17, 15) is 4.79 Å². The Morgan fingerprint density at radius 1 is 1.17 bits per heavy atom. The molecule has 0 radical (unpaired) electrons. The molecule has 3 fully saturated rings. The zero-order chi connectivity index (χ0) is 12.5. The number of hydrogen-bond donors (Lipinski definition) is 0. The fourth-order valence-electron chi connectivity index (χ4n) is 4.61. The van der Waals surface area contributed by atoms with E-state index in [4.69, 9.17) is 9.47 Å². The maximum absolute atomic E-state index is 10.9. The number of carbonyl (C=O) groups excluding carboxylic acids is 1. The number of hydrogen-bond acceptors (Lipinski definition) is 3. The van der Waals surface area contributed by atoms with Gasteiger partial charge in [0.05, 0.1) is 12.7 Å². The van der Waals surface area contributed by atoms with Crippen LogP contribution in [0.5, 0.6) is 0 Å². The van der Waals surface area contributed by atoms with Crippen molar-refractivity contribution in [2.24, 2.45) is 23.7 Å². The highest BCUT2D eigenvalue weighted by molar-refractivity contribution is 5.81. The molecule has 5 unspecified atom stereocenters. The van der Waals surface area contributed by atoms with Crippen LogP contribution >= 0.6 is 0 Å². The second-order valence-electron chi connectivity index (χ2n) is 5.93. The summed E-state index contributed by atoms with van der Waals surface area (Å²) in [5, 5.41) is 0. The van der Waals surface area contributed by atoms with E-state index in [0.29, 0.717) is 19.3 Å². The van der Waals surface area contributed by atoms with Crippen LogP contribution < -0.4 is 0 Å². The maximum Gasteiger partial charge on any atom is 0.330 e. The highest BCUT2D eigenvalue weighted by atomic mass is 16.6. The molecule has 0 amide bonds. The summed E-state index contributed by atoms with van der Waals surface area (Å²) in [7, 11) is 0. The Kier molecular flexibility index (Phi) is 3.42. The van der Waals surface area contributed by atoms with Crippen LogP contribution in [0.1, 0.15) is 32.1 Å². The molecular weight excluding hydrogens is 228 g/mol. The molecule has 2 bridgehead atoms. The summed E-state index contributed by atoms with van der Waals surface area (Å²) in [4.78, 5) is 10.9. The molecule has 3 aliphatic rings. The van der Waals surface area contributed by atoms with Crippen molar-refractivity contribution in [1.82, 2.24) is 0 Å². The van der Waals surface area contributed by atoms with E-state index in [-0.39, 0.29) is 5.97 Å². The van der Waals surface area contributed by atoms with Crippen molar-refractivity contribution in [3.63, 3.8) is 0 Å². The van der Waals surface area contributed by atoms with Crippen molar-refractivity contribution in [3.8, 4) is 0 Å². The molecule has 0 spiro atoms. The van der Waals surface area contributed by atoms with Crippen molar-refractivity contribution in [3.05, 3.63) is 12.7 Å². The minimum Gasteiger partial charge on any atom is -0.460 e. The summed E-state index contributed by atoms with van der Waals surface area (Å²) in [5.74, 6) is 3.29. The van der Waals surface area contributed by atoms with Crippen LogP contribution in [0.25, 0.3) is 0 Å². The molecular formula is C15H22O3. The van der Waals surface area contributed by atoms with Crippen LogP contribution in [-0.2, 0) is 14.3 Å². The fourth-order valence-corrected chi connectivity index (χ4v) is 4.61. The van der Waals surface area contributed by atoms with Crippen LogP contribution in [-0.4, -0.2) is 25.3 Å². The lowest BCUT2D eigenvalue weighted by atomic mass is 9.81. The molecule has 0 aliphatic heterocycles. The molecule has 3 aliphatic carbocycles. The van der Waals surface area contributed by atoms with Crippen LogP contribution in [0, 0.1) is 23.7 Å². The van der Waals surface area contributed by atoms with E-state index < -0.39 is 0 Å². The molecule has 0 N–H and O–H groups in total. The Bertz CT molecular complexity index is 339. The highest BCUT2D eigenvalue weighted by Crippen LogP contribution is 2.59. The lowest BCUT2D eigenvalue weighted by Gasteiger charge is -2.28. The molecule has 18 heavy (non-hydrogen) atoms. The molecule has 3 rings (SSSR count). The lowest BCUT2D eigenvalue weighted by Crippen LogP contribution is -2.28. The molecule has 0 saturated heterocycles. The Morgan fingerprint density at radius 3 is 2.83 bits per heavy atom. The predicted octanol–water partition coefficient (Wildman–Crippen LogP) is 2.56. The summed E-state index contributed by atoms with van der Waals surface area (Å²) in [6.07, 6.45) is 8.49. The molecule has 0 heterocycles. The van der Waals surface area contributed by atoms with Crippen molar-refractivity contribution < 1.29 is 14.3 Å². The van der Waals surface area contributed by atoms with Gasteiger partial charge in [-0.15, -0.1) is 0 Å². The van der Waals surface area contributed by atoms with Gasteiger partial charge in [-0.3, -0.25) is 0 Å². The van der Waals surface area contributed by atoms with Gasteiger partial charge in [0.2, 0.25) is 0 Å². The van der Waals surface area contributed by atoms with Crippen molar-refractivity contribution >= 4 is 5.97 Å². The van der Waals surface area contributed by atoms with E-state index >= 15 is 0 Å². The normalized spacial score (nSPS) is 40.8. The molecule has 3 nitrogen and oxygen atoms in total. The standard InChI is InChI=1S/C15H22O3/c1-2-14(16)18-8-7-17-13-6-5-12-10-3-4-11(9-10)15(12)13/h2,10-13,15H,1,3-9H2. The summed E-state index contributed by atoms with van der Waals surface area (Å²) < 4.78 is 10.9. The first-order valence-corrected chi connectivity index (χ1v) is 7.20. The van der Waals surface area contributed by atoms with Gasteiger partial charge < -0.3 is 9.47 Å². The van der Waals surface area contributed by atoms with Crippen molar-refractivity contribution in [1.29, 1.82) is 0 Å². The van der Waals surface area contributed by atoms with E-state index in [1.807, 2.05) is 0 Å². The first kappa shape index (κ1) is 12.2. The topological polar surface area (TPSA) is 35.5 Å². The number of fused-ring (bicyclic) bond motifs is 5. The van der Waals surface area contributed by atoms with Gasteiger partial charge in [-0.1, -0.05) is 6.58 Å². The summed E-state index contributed by atoms with van der Waals surface area (Å²) in [6.45, 7) is 4.26. The molecule has 3 heteroatoms. The third-order valence-electron chi connectivity index (χ3n) is 5.20. The molecule has 3 saturated carbocycles. The van der Waals surface area contributed by atoms with Crippen LogP contribution in [0.3, 0.4) is 0 Å². The van der Waals surface area contributed by atoms with E-state index in [1.165, 1.54) is 38.2 Å². The Labute approximate surface area is 109 Å². The second kappa shape index (κ2) is 5.04. The first-order chi connectivity index (χ1) is 8.79. The second-order valence-corrected chi connectivity index (χ2v) is 5.93. The van der Waals surface area contributed by atoms with Crippen LogP contribution in [0.2, 0.25) is 0 Å². The third kappa shape index (κ3) is 2.09. The zero-order valence-corrected chi connectivity index (χ0v) is 10.8. The van der Waals surface area contributed by atoms with Gasteiger partial charge in [0.1, 0.15) is 6.61 Å². The van der Waals surface area contributed by atoms with Gasteiger partial charge in [0.25, 0.3) is 0 Å². The molecule has 0 aromatic rings. The summed E-state index contributed by atoms with van der Waals surface area (Å²) in [6, 6.07) is 0.